The molecule has 146 valence electrons. The maximum atomic E-state index is 12.5. The van der Waals surface area contributed by atoms with Crippen LogP contribution in [0.5, 0.6) is 5.75 Å². The maximum absolute atomic E-state index is 12.5. The Hall–Kier alpha value is -3.15. The molecule has 1 heterocycles. The molecule has 3 rings (SSSR count). The third kappa shape index (κ3) is 4.76. The van der Waals surface area contributed by atoms with Gasteiger partial charge in [-0.1, -0.05) is 47.1 Å². The summed E-state index contributed by atoms with van der Waals surface area (Å²) in [6.07, 6.45) is 1.09. The predicted octanol–water partition coefficient (Wildman–Crippen LogP) is 3.95. The van der Waals surface area contributed by atoms with Crippen LogP contribution in [0.3, 0.4) is 0 Å². The minimum atomic E-state index is 0.0311. The summed E-state index contributed by atoms with van der Waals surface area (Å²) in [5.41, 5.74) is 4.24. The van der Waals surface area contributed by atoms with Crippen molar-refractivity contribution in [3.8, 4) is 17.1 Å². The number of rotatable bonds is 7. The fourth-order valence-electron chi connectivity index (χ4n) is 2.97. The molecule has 0 atom stereocenters. The van der Waals surface area contributed by atoms with E-state index in [4.69, 9.17) is 9.26 Å². The van der Waals surface area contributed by atoms with E-state index in [2.05, 4.69) is 16.2 Å². The summed E-state index contributed by atoms with van der Waals surface area (Å²) in [5, 5.41) is 4.01. The summed E-state index contributed by atoms with van der Waals surface area (Å²) in [6, 6.07) is 13.9. The van der Waals surface area contributed by atoms with E-state index >= 15 is 0 Å². The van der Waals surface area contributed by atoms with Gasteiger partial charge >= 0.3 is 0 Å². The lowest BCUT2D eigenvalue weighted by Gasteiger charge is -2.15. The van der Waals surface area contributed by atoms with Crippen molar-refractivity contribution in [2.75, 3.05) is 14.2 Å². The van der Waals surface area contributed by atoms with E-state index in [0.29, 0.717) is 31.1 Å². The quantitative estimate of drug-likeness (QED) is 0.622. The SMILES string of the molecule is COc1ccc(CCC(=O)N(C)Cc2nc(-c3ccc(C)cc3)no2)cc1C. The summed E-state index contributed by atoms with van der Waals surface area (Å²) in [4.78, 5) is 18.5. The molecular formula is C22H25N3O3. The maximum Gasteiger partial charge on any atom is 0.246 e. The van der Waals surface area contributed by atoms with Gasteiger partial charge in [0, 0.05) is 19.0 Å². The second kappa shape index (κ2) is 8.69. The van der Waals surface area contributed by atoms with E-state index in [9.17, 15) is 4.79 Å². The summed E-state index contributed by atoms with van der Waals surface area (Å²) in [5.74, 6) is 1.84. The highest BCUT2D eigenvalue weighted by Crippen LogP contribution is 2.20. The van der Waals surface area contributed by atoms with Gasteiger partial charge in [-0.15, -0.1) is 0 Å². The van der Waals surface area contributed by atoms with Gasteiger partial charge in [-0.05, 0) is 37.5 Å². The Kier molecular flexibility index (Phi) is 6.09. The predicted molar refractivity (Wildman–Crippen MR) is 107 cm³/mol. The number of aromatic nitrogens is 2. The van der Waals surface area contributed by atoms with Gasteiger partial charge in [0.15, 0.2) is 0 Å². The molecular weight excluding hydrogens is 354 g/mol. The lowest BCUT2D eigenvalue weighted by Crippen LogP contribution is -2.26. The number of carbonyl (C=O) groups is 1. The summed E-state index contributed by atoms with van der Waals surface area (Å²) in [6.45, 7) is 4.32. The Morgan fingerprint density at radius 2 is 1.89 bits per heavy atom. The molecule has 0 unspecified atom stereocenters. The van der Waals surface area contributed by atoms with Crippen LogP contribution in [0, 0.1) is 13.8 Å². The lowest BCUT2D eigenvalue weighted by atomic mass is 10.1. The van der Waals surface area contributed by atoms with Gasteiger partial charge in [-0.25, -0.2) is 0 Å². The molecule has 0 radical (unpaired) electrons. The van der Waals surface area contributed by atoms with Gasteiger partial charge in [-0.2, -0.15) is 4.98 Å². The fourth-order valence-corrected chi connectivity index (χ4v) is 2.97. The molecule has 0 aliphatic carbocycles. The van der Waals surface area contributed by atoms with Crippen molar-refractivity contribution >= 4 is 5.91 Å². The van der Waals surface area contributed by atoms with Gasteiger partial charge in [0.05, 0.1) is 13.7 Å². The van der Waals surface area contributed by atoms with E-state index in [1.54, 1.807) is 19.1 Å². The number of hydrogen-bond acceptors (Lipinski definition) is 5. The van der Waals surface area contributed by atoms with Crippen LogP contribution in [0.15, 0.2) is 47.0 Å². The molecule has 6 heteroatoms. The van der Waals surface area contributed by atoms with Gasteiger partial charge < -0.3 is 14.2 Å². The highest BCUT2D eigenvalue weighted by atomic mass is 16.5. The Bertz CT molecular complexity index is 948. The van der Waals surface area contributed by atoms with E-state index in [0.717, 1.165) is 22.4 Å². The zero-order valence-electron chi connectivity index (χ0n) is 16.7. The number of nitrogens with zero attached hydrogens (tertiary/aromatic N) is 3. The van der Waals surface area contributed by atoms with Crippen LogP contribution >= 0.6 is 0 Å². The molecule has 28 heavy (non-hydrogen) atoms. The molecule has 0 aliphatic rings. The fraction of sp³-hybridized carbons (Fsp3) is 0.318. The first-order chi connectivity index (χ1) is 13.5. The van der Waals surface area contributed by atoms with Crippen LogP contribution in [0.4, 0.5) is 0 Å². The van der Waals surface area contributed by atoms with Crippen LogP contribution in [-0.2, 0) is 17.8 Å². The Balaban J connectivity index is 1.55. The van der Waals surface area contributed by atoms with E-state index in [-0.39, 0.29) is 5.91 Å². The zero-order valence-corrected chi connectivity index (χ0v) is 16.7. The number of benzene rings is 2. The number of methoxy groups -OCH3 is 1. The largest absolute Gasteiger partial charge is 0.496 e. The Morgan fingerprint density at radius 1 is 1.14 bits per heavy atom. The first-order valence-electron chi connectivity index (χ1n) is 9.23. The van der Waals surface area contributed by atoms with Crippen molar-refractivity contribution in [3.05, 3.63) is 65.0 Å². The van der Waals surface area contributed by atoms with Crippen LogP contribution in [0.25, 0.3) is 11.4 Å². The highest BCUT2D eigenvalue weighted by Gasteiger charge is 2.15. The zero-order chi connectivity index (χ0) is 20.1. The molecule has 3 aromatic rings. The van der Waals surface area contributed by atoms with Crippen LogP contribution < -0.4 is 4.74 Å². The second-order valence-electron chi connectivity index (χ2n) is 6.93. The van der Waals surface area contributed by atoms with Crippen molar-refractivity contribution in [2.45, 2.75) is 33.2 Å². The molecule has 2 aromatic carbocycles. The normalized spacial score (nSPS) is 10.7. The summed E-state index contributed by atoms with van der Waals surface area (Å²) >= 11 is 0. The Labute approximate surface area is 165 Å². The molecule has 1 amide bonds. The average Bonchev–Trinajstić information content (AvgIpc) is 3.15. The third-order valence-electron chi connectivity index (χ3n) is 4.66. The first kappa shape index (κ1) is 19.6. The minimum absolute atomic E-state index is 0.0311. The third-order valence-corrected chi connectivity index (χ3v) is 4.66. The smallest absolute Gasteiger partial charge is 0.246 e. The standard InChI is InChI=1S/C22H25N3O3/c1-15-5-9-18(10-6-15)22-23-20(28-24-22)14-25(3)21(26)12-8-17-7-11-19(27-4)16(2)13-17/h5-7,9-11,13H,8,12,14H2,1-4H3. The molecule has 0 saturated carbocycles. The van der Waals surface area contributed by atoms with Crippen LogP contribution in [-0.4, -0.2) is 35.1 Å². The molecule has 0 spiro atoms. The summed E-state index contributed by atoms with van der Waals surface area (Å²) in [7, 11) is 3.40. The molecule has 0 bridgehead atoms. The second-order valence-corrected chi connectivity index (χ2v) is 6.93. The van der Waals surface area contributed by atoms with E-state index < -0.39 is 0 Å². The molecule has 1 aromatic heterocycles. The van der Waals surface area contributed by atoms with Crippen molar-refractivity contribution in [2.24, 2.45) is 0 Å². The van der Waals surface area contributed by atoms with Crippen molar-refractivity contribution in [1.82, 2.24) is 15.0 Å². The van der Waals surface area contributed by atoms with Gasteiger partial charge in [0.1, 0.15) is 5.75 Å². The van der Waals surface area contributed by atoms with Gasteiger partial charge in [0.25, 0.3) is 0 Å². The summed E-state index contributed by atoms with van der Waals surface area (Å²) < 4.78 is 10.6. The van der Waals surface area contributed by atoms with Crippen molar-refractivity contribution < 1.29 is 14.1 Å². The minimum Gasteiger partial charge on any atom is -0.496 e. The molecule has 6 nitrogen and oxygen atoms in total. The van der Waals surface area contributed by atoms with Crippen LogP contribution in [0.1, 0.15) is 29.0 Å². The number of hydrogen-bond donors (Lipinski definition) is 0. The highest BCUT2D eigenvalue weighted by molar-refractivity contribution is 5.76. The van der Waals surface area contributed by atoms with Crippen molar-refractivity contribution in [1.29, 1.82) is 0 Å². The number of aryl methyl sites for hydroxylation is 3. The van der Waals surface area contributed by atoms with Crippen molar-refractivity contribution in [3.63, 3.8) is 0 Å². The number of carbonyl (C=O) groups excluding carboxylic acids is 1. The molecule has 0 saturated heterocycles. The molecule has 0 N–H and O–H groups in total. The monoisotopic (exact) mass is 379 g/mol. The van der Waals surface area contributed by atoms with Gasteiger partial charge in [-0.3, -0.25) is 4.79 Å². The first-order valence-corrected chi connectivity index (χ1v) is 9.23. The average molecular weight is 379 g/mol. The number of ether oxygens (including phenoxy) is 1. The number of amides is 1. The topological polar surface area (TPSA) is 68.5 Å². The Morgan fingerprint density at radius 3 is 2.57 bits per heavy atom. The van der Waals surface area contributed by atoms with Crippen LogP contribution in [0.2, 0.25) is 0 Å². The van der Waals surface area contributed by atoms with E-state index in [1.807, 2.05) is 50.2 Å². The molecule has 0 aliphatic heterocycles. The lowest BCUT2D eigenvalue weighted by molar-refractivity contribution is -0.130. The van der Waals surface area contributed by atoms with E-state index in [1.165, 1.54) is 5.56 Å². The van der Waals surface area contributed by atoms with Gasteiger partial charge in [0.2, 0.25) is 17.6 Å². The molecule has 0 fully saturated rings.